The zero-order chi connectivity index (χ0) is 52.2. The second-order valence-electron chi connectivity index (χ2n) is 19.6. The zero-order valence-corrected chi connectivity index (χ0v) is 41.9. The molecule has 4 heterocycles. The molecule has 18 nitrogen and oxygen atoms in total. The summed E-state index contributed by atoms with van der Waals surface area (Å²) in [7, 11) is 1.97. The molecule has 2 fully saturated rings. The molecule has 1 unspecified atom stereocenters. The first-order chi connectivity index (χ1) is 33.5. The molecular weight excluding hydrogens is 937 g/mol. The van der Waals surface area contributed by atoms with E-state index in [1.807, 2.05) is 46.6 Å². The Morgan fingerprint density at radius 1 is 0.901 bits per heavy atom. The lowest BCUT2D eigenvalue weighted by atomic mass is 9.85. The highest BCUT2D eigenvalue weighted by Crippen LogP contribution is 2.37. The molecule has 6 atom stereocenters. The molecule has 5 rings (SSSR count). The summed E-state index contributed by atoms with van der Waals surface area (Å²) in [6.07, 6.45) is -2.39. The number of anilines is 2. The van der Waals surface area contributed by atoms with E-state index < -0.39 is 52.1 Å². The van der Waals surface area contributed by atoms with Crippen LogP contribution in [0.5, 0.6) is 0 Å². The largest absolute Gasteiger partial charge is 0.417 e. The number of amides is 4. The predicted molar refractivity (Wildman–Crippen MR) is 258 cm³/mol. The molecule has 0 bridgehead atoms. The van der Waals surface area contributed by atoms with Crippen LogP contribution < -0.4 is 26.8 Å². The SMILES string of the molecule is CC(N)[C@@H]1C[C@@H](O)CN1C(=O)[C@@H](NC(=O)CCOCCOCCOCCOCCC(=O)N1CC=C(c2cc(NC(=O)c3c[nH]c(=O)cc3C(F)(F)F)c(N3C[C@@H](C)N(C)[C@@H](C)C3)cc2F)CC1)C(C)(C)C. The number of carbonyl (C=O) groups is 4. The fourth-order valence-corrected chi connectivity index (χ4v) is 8.88. The van der Waals surface area contributed by atoms with Gasteiger partial charge in [-0.05, 0) is 63.8 Å². The predicted octanol–water partition coefficient (Wildman–Crippen LogP) is 3.62. The molecule has 6 N–H and O–H groups in total. The van der Waals surface area contributed by atoms with Crippen molar-refractivity contribution in [1.29, 1.82) is 0 Å². The van der Waals surface area contributed by atoms with Crippen molar-refractivity contribution in [3.8, 4) is 0 Å². The lowest BCUT2D eigenvalue weighted by Crippen LogP contribution is -2.57. The van der Waals surface area contributed by atoms with Crippen molar-refractivity contribution in [3.05, 3.63) is 63.3 Å². The van der Waals surface area contributed by atoms with Crippen molar-refractivity contribution in [1.82, 2.24) is 25.0 Å². The van der Waals surface area contributed by atoms with Crippen LogP contribution in [0.25, 0.3) is 5.57 Å². The van der Waals surface area contributed by atoms with Crippen molar-refractivity contribution in [2.24, 2.45) is 11.1 Å². The lowest BCUT2D eigenvalue weighted by molar-refractivity contribution is -0.141. The van der Waals surface area contributed by atoms with Gasteiger partial charge in [-0.1, -0.05) is 26.8 Å². The number of rotatable bonds is 22. The van der Waals surface area contributed by atoms with Gasteiger partial charge in [0.25, 0.3) is 5.91 Å². The number of aromatic nitrogens is 1. The van der Waals surface area contributed by atoms with Crippen molar-refractivity contribution in [2.75, 3.05) is 103 Å². The summed E-state index contributed by atoms with van der Waals surface area (Å²) < 4.78 is 80.0. The van der Waals surface area contributed by atoms with E-state index in [2.05, 4.69) is 20.5 Å². The number of pyridine rings is 1. The van der Waals surface area contributed by atoms with Crippen LogP contribution in [0.4, 0.5) is 28.9 Å². The first-order valence-electron chi connectivity index (χ1n) is 24.2. The summed E-state index contributed by atoms with van der Waals surface area (Å²) in [5.74, 6) is -2.49. The highest BCUT2D eigenvalue weighted by molar-refractivity contribution is 6.07. The number of likely N-dealkylation sites (tertiary alicyclic amines) is 1. The lowest BCUT2D eigenvalue weighted by Gasteiger charge is -2.44. The molecule has 396 valence electrons. The molecule has 0 saturated carbocycles. The standard InChI is InChI=1S/C49H72F4N8O10/c1-30-27-60(28-31(2)58(30)7)41-25-38(50)35(23-39(41)56-46(66)36-26-55-43(64)24-37(36)49(51,52)53)33-8-12-59(13-9-33)44(65)11-15-69-17-19-71-21-20-70-18-16-68-14-10-42(63)57-45(48(4,5)6)47(67)61-29-34(62)22-40(61)32(3)54/h8,23-26,30-32,34,40,45,62H,9-22,27-29,54H2,1-7H3,(H,55,64)(H,56,66)(H,57,63)/t30-,31+,32?,34-,40+,45-/m1/s1. The smallest absolute Gasteiger partial charge is 0.391 e. The van der Waals surface area contributed by atoms with Crippen molar-refractivity contribution in [2.45, 2.75) is 110 Å². The minimum atomic E-state index is -4.99. The van der Waals surface area contributed by atoms with Gasteiger partial charge >= 0.3 is 6.18 Å². The van der Waals surface area contributed by atoms with Crippen LogP contribution in [0.2, 0.25) is 0 Å². The summed E-state index contributed by atoms with van der Waals surface area (Å²) in [5.41, 5.74) is 3.40. The summed E-state index contributed by atoms with van der Waals surface area (Å²) >= 11 is 0. The first-order valence-corrected chi connectivity index (χ1v) is 24.2. The highest BCUT2D eigenvalue weighted by atomic mass is 19.4. The maximum atomic E-state index is 16.1. The third-order valence-corrected chi connectivity index (χ3v) is 13.1. The van der Waals surface area contributed by atoms with Crippen LogP contribution in [0, 0.1) is 11.2 Å². The maximum Gasteiger partial charge on any atom is 0.417 e. The van der Waals surface area contributed by atoms with Crippen molar-refractivity contribution in [3.63, 3.8) is 0 Å². The number of nitrogens with two attached hydrogens (primary N) is 1. The van der Waals surface area contributed by atoms with E-state index in [-0.39, 0.29) is 132 Å². The van der Waals surface area contributed by atoms with Crippen LogP contribution in [0.1, 0.15) is 88.7 Å². The Morgan fingerprint density at radius 2 is 1.49 bits per heavy atom. The Labute approximate surface area is 412 Å². The number of aromatic amines is 1. The second-order valence-corrected chi connectivity index (χ2v) is 19.6. The fraction of sp³-hybridized carbons (Fsp3) is 0.653. The normalized spacial score (nSPS) is 21.0. The van der Waals surface area contributed by atoms with E-state index in [1.165, 1.54) is 12.1 Å². The van der Waals surface area contributed by atoms with Gasteiger partial charge in [-0.2, -0.15) is 13.2 Å². The van der Waals surface area contributed by atoms with E-state index in [0.29, 0.717) is 56.2 Å². The van der Waals surface area contributed by atoms with E-state index in [0.717, 1.165) is 0 Å². The van der Waals surface area contributed by atoms with Crippen LogP contribution in [0.3, 0.4) is 0 Å². The minimum absolute atomic E-state index is 0.0408. The topological polar surface area (TPSA) is 221 Å². The molecule has 4 amide bonds. The number of aliphatic hydroxyl groups excluding tert-OH is 1. The van der Waals surface area contributed by atoms with E-state index in [1.54, 1.807) is 22.8 Å². The van der Waals surface area contributed by atoms with Crippen molar-refractivity contribution >= 4 is 40.6 Å². The quantitative estimate of drug-likeness (QED) is 0.0842. The average molecular weight is 1010 g/mol. The van der Waals surface area contributed by atoms with Crippen molar-refractivity contribution < 1.29 is 60.8 Å². The molecule has 0 aliphatic carbocycles. The van der Waals surface area contributed by atoms with Crippen LogP contribution in [0.15, 0.2) is 35.3 Å². The number of hydrogen-bond donors (Lipinski definition) is 5. The molecular formula is C49H72F4N8O10. The third kappa shape index (κ3) is 16.0. The van der Waals surface area contributed by atoms with Crippen LogP contribution >= 0.6 is 0 Å². The van der Waals surface area contributed by atoms with Gasteiger partial charge in [0, 0.05) is 81.1 Å². The summed E-state index contributed by atoms with van der Waals surface area (Å²) in [6, 6.07) is 1.67. The Balaban J connectivity index is 0.996. The number of alkyl halides is 3. The van der Waals surface area contributed by atoms with Crippen LogP contribution in [-0.4, -0.2) is 177 Å². The number of piperazine rings is 1. The third-order valence-electron chi connectivity index (χ3n) is 13.1. The number of nitrogens with one attached hydrogen (secondary N) is 3. The molecule has 22 heteroatoms. The van der Waals surface area contributed by atoms with Gasteiger partial charge in [0.05, 0.1) is 87.9 Å². The Kier molecular flexibility index (Phi) is 20.5. The number of β-amino-alcohol motifs (C(OH)–C–C–N with tert-alkyl or cyclic N) is 1. The van der Waals surface area contributed by atoms with E-state index >= 15 is 4.39 Å². The van der Waals surface area contributed by atoms with Gasteiger partial charge in [-0.25, -0.2) is 4.39 Å². The molecule has 2 aromatic rings. The Morgan fingerprint density at radius 3 is 2.04 bits per heavy atom. The number of aliphatic hydroxyl groups is 1. The molecule has 3 aliphatic heterocycles. The monoisotopic (exact) mass is 1010 g/mol. The molecule has 3 aliphatic rings. The zero-order valence-electron chi connectivity index (χ0n) is 41.9. The van der Waals surface area contributed by atoms with E-state index in [4.69, 9.17) is 24.7 Å². The molecule has 0 radical (unpaired) electrons. The van der Waals surface area contributed by atoms with E-state index in [9.17, 15) is 42.3 Å². The fourth-order valence-electron chi connectivity index (χ4n) is 8.88. The number of hydrogen-bond acceptors (Lipinski definition) is 13. The number of halogens is 4. The van der Waals surface area contributed by atoms with Crippen LogP contribution in [-0.2, 0) is 39.5 Å². The number of ether oxygens (including phenoxy) is 4. The molecule has 0 spiro atoms. The van der Waals surface area contributed by atoms with Gasteiger partial charge in [0.1, 0.15) is 11.9 Å². The molecule has 1 aromatic heterocycles. The molecule has 71 heavy (non-hydrogen) atoms. The molecule has 2 saturated heterocycles. The summed E-state index contributed by atoms with van der Waals surface area (Å²) in [6.45, 7) is 14.9. The summed E-state index contributed by atoms with van der Waals surface area (Å²) in [4.78, 5) is 73.9. The van der Waals surface area contributed by atoms with Gasteiger partial charge in [0.15, 0.2) is 0 Å². The Hall–Kier alpha value is -4.97. The molecule has 1 aromatic carbocycles. The number of carbonyl (C=O) groups excluding carboxylic acids is 4. The first kappa shape index (κ1) is 56.9. The van der Waals surface area contributed by atoms with Gasteiger partial charge < -0.3 is 60.1 Å². The minimum Gasteiger partial charge on any atom is -0.391 e. The number of nitrogens with zero attached hydrogens (tertiary/aromatic N) is 4. The number of H-pyrrole nitrogens is 1. The maximum absolute atomic E-state index is 16.1. The second kappa shape index (κ2) is 25.6. The van der Waals surface area contributed by atoms with Gasteiger partial charge in [-0.15, -0.1) is 0 Å². The number of benzene rings is 1. The van der Waals surface area contributed by atoms with Gasteiger partial charge in [0.2, 0.25) is 23.3 Å². The highest BCUT2D eigenvalue weighted by Gasteiger charge is 2.43. The number of likely N-dealkylation sites (N-methyl/N-ethyl adjacent to an activating group) is 1. The average Bonchev–Trinajstić information content (AvgIpc) is 3.71. The summed E-state index contributed by atoms with van der Waals surface area (Å²) in [5, 5.41) is 15.6. The van der Waals surface area contributed by atoms with Gasteiger partial charge in [-0.3, -0.25) is 28.9 Å². The Bertz CT molecular complexity index is 2230.